The molecule has 5 atom stereocenters. The lowest BCUT2D eigenvalue weighted by molar-refractivity contribution is -0.190. The number of phosphoric acid groups is 1. The van der Waals surface area contributed by atoms with Crippen molar-refractivity contribution in [3.8, 4) is 0 Å². The molecule has 0 aliphatic carbocycles. The molecule has 2 fully saturated rings. The lowest BCUT2D eigenvalue weighted by Crippen LogP contribution is -2.45. The Labute approximate surface area is 155 Å². The van der Waals surface area contributed by atoms with Crippen LogP contribution < -0.4 is 5.56 Å². The average molecular weight is 397 g/mol. The topological polar surface area (TPSA) is 105 Å². The van der Waals surface area contributed by atoms with Gasteiger partial charge in [0.05, 0.1) is 13.2 Å². The largest absolute Gasteiger partial charge is 0.472 e. The Kier molecular flexibility index (Phi) is 4.72. The van der Waals surface area contributed by atoms with Gasteiger partial charge < -0.3 is 19.1 Å². The number of fused-ring (bicyclic) bond motifs is 3. The molecule has 27 heavy (non-hydrogen) atoms. The summed E-state index contributed by atoms with van der Waals surface area (Å²) in [5, 5.41) is 1.34. The van der Waals surface area contributed by atoms with E-state index in [9.17, 15) is 14.3 Å². The molecular weight excluding hydrogens is 377 g/mol. The van der Waals surface area contributed by atoms with Gasteiger partial charge in [0.2, 0.25) is 0 Å². The number of phosphoric ester groups is 1. The number of ether oxygens (including phenoxy) is 3. The molecule has 3 heterocycles. The molecule has 9 nitrogen and oxygen atoms in total. The number of pyridine rings is 1. The maximum Gasteiger partial charge on any atom is 0.472 e. The first kappa shape index (κ1) is 18.8. The van der Waals surface area contributed by atoms with Crippen molar-refractivity contribution in [1.29, 1.82) is 0 Å². The first-order chi connectivity index (χ1) is 12.9. The molecule has 3 unspecified atom stereocenters. The van der Waals surface area contributed by atoms with E-state index in [0.29, 0.717) is 5.39 Å². The molecule has 0 saturated carbocycles. The molecular formula is C17H20NO8P. The Morgan fingerprint density at radius 1 is 1.33 bits per heavy atom. The molecule has 1 aromatic carbocycles. The minimum absolute atomic E-state index is 0.0662. The van der Waals surface area contributed by atoms with Crippen LogP contribution in [-0.2, 0) is 27.8 Å². The van der Waals surface area contributed by atoms with Gasteiger partial charge in [-0.05, 0) is 17.5 Å². The van der Waals surface area contributed by atoms with Gasteiger partial charge in [-0.15, -0.1) is 0 Å². The van der Waals surface area contributed by atoms with E-state index < -0.39 is 31.9 Å². The zero-order valence-corrected chi connectivity index (χ0v) is 15.7. The van der Waals surface area contributed by atoms with Gasteiger partial charge in [-0.2, -0.15) is 0 Å². The van der Waals surface area contributed by atoms with Gasteiger partial charge in [0.1, 0.15) is 17.8 Å². The standard InChI is InChI=1S/C17H20NO8P/c1-22-9-17-10-24-13(14(17)26-27(20,21)23-2)16(25-17)18-8-7-11-5-3-4-6-12(11)15(18)19/h3-8,13-14,16H,9-10H2,1-2H3,(H,20,21)/t13?,14?,16-,17+/m1/s1. The van der Waals surface area contributed by atoms with E-state index in [1.54, 1.807) is 24.4 Å². The lowest BCUT2D eigenvalue weighted by Gasteiger charge is -2.31. The number of methoxy groups -OCH3 is 1. The highest BCUT2D eigenvalue weighted by molar-refractivity contribution is 7.47. The smallest absolute Gasteiger partial charge is 0.381 e. The predicted octanol–water partition coefficient (Wildman–Crippen LogP) is 1.45. The summed E-state index contributed by atoms with van der Waals surface area (Å²) in [6.07, 6.45) is -0.912. The summed E-state index contributed by atoms with van der Waals surface area (Å²) in [5.74, 6) is 0. The Balaban J connectivity index is 1.75. The molecule has 0 radical (unpaired) electrons. The van der Waals surface area contributed by atoms with Crippen LogP contribution in [0.4, 0.5) is 0 Å². The van der Waals surface area contributed by atoms with Crippen molar-refractivity contribution in [2.75, 3.05) is 27.4 Å². The molecule has 0 spiro atoms. The summed E-state index contributed by atoms with van der Waals surface area (Å²) in [6, 6.07) is 9.01. The van der Waals surface area contributed by atoms with E-state index in [2.05, 4.69) is 4.52 Å². The highest BCUT2D eigenvalue weighted by atomic mass is 31.2. The molecule has 1 N–H and O–H groups in total. The lowest BCUT2D eigenvalue weighted by atomic mass is 10.0. The molecule has 2 aliphatic rings. The molecule has 2 aliphatic heterocycles. The maximum atomic E-state index is 12.9. The van der Waals surface area contributed by atoms with Gasteiger partial charge in [-0.25, -0.2) is 4.57 Å². The minimum Gasteiger partial charge on any atom is -0.381 e. The highest BCUT2D eigenvalue weighted by Gasteiger charge is 2.64. The van der Waals surface area contributed by atoms with Crippen molar-refractivity contribution in [3.63, 3.8) is 0 Å². The zero-order chi connectivity index (χ0) is 19.2. The van der Waals surface area contributed by atoms with Crippen molar-refractivity contribution in [2.45, 2.75) is 24.0 Å². The van der Waals surface area contributed by atoms with Gasteiger partial charge in [-0.3, -0.25) is 18.4 Å². The third kappa shape index (κ3) is 3.05. The summed E-state index contributed by atoms with van der Waals surface area (Å²) in [7, 11) is -1.74. The summed E-state index contributed by atoms with van der Waals surface area (Å²) in [5.41, 5.74) is -1.37. The second kappa shape index (κ2) is 6.79. The summed E-state index contributed by atoms with van der Waals surface area (Å²) in [6.45, 7) is 0.176. The summed E-state index contributed by atoms with van der Waals surface area (Å²) < 4.78 is 40.3. The van der Waals surface area contributed by atoms with Crippen LogP contribution in [0.5, 0.6) is 0 Å². The van der Waals surface area contributed by atoms with Crippen LogP contribution in [0.1, 0.15) is 6.23 Å². The van der Waals surface area contributed by atoms with Crippen LogP contribution in [0, 0.1) is 0 Å². The van der Waals surface area contributed by atoms with E-state index in [1.807, 2.05) is 12.1 Å². The van der Waals surface area contributed by atoms with Crippen molar-refractivity contribution in [3.05, 3.63) is 46.9 Å². The third-order valence-electron chi connectivity index (χ3n) is 4.95. The van der Waals surface area contributed by atoms with Crippen molar-refractivity contribution in [1.82, 2.24) is 4.57 Å². The van der Waals surface area contributed by atoms with Crippen LogP contribution in [0.15, 0.2) is 41.3 Å². The summed E-state index contributed by atoms with van der Waals surface area (Å²) >= 11 is 0. The van der Waals surface area contributed by atoms with Crippen LogP contribution in [0.2, 0.25) is 0 Å². The van der Waals surface area contributed by atoms with Gasteiger partial charge in [-0.1, -0.05) is 18.2 Å². The Morgan fingerprint density at radius 2 is 2.11 bits per heavy atom. The Morgan fingerprint density at radius 3 is 2.85 bits per heavy atom. The van der Waals surface area contributed by atoms with Crippen LogP contribution >= 0.6 is 7.82 Å². The fourth-order valence-corrected chi connectivity index (χ4v) is 4.40. The second-order valence-electron chi connectivity index (χ2n) is 6.57. The fourth-order valence-electron chi connectivity index (χ4n) is 3.71. The van der Waals surface area contributed by atoms with E-state index in [4.69, 9.17) is 18.7 Å². The monoisotopic (exact) mass is 397 g/mol. The van der Waals surface area contributed by atoms with Gasteiger partial charge in [0, 0.05) is 25.8 Å². The van der Waals surface area contributed by atoms with Crippen LogP contribution in [0.3, 0.4) is 0 Å². The number of hydrogen-bond donors (Lipinski definition) is 1. The van der Waals surface area contributed by atoms with Crippen molar-refractivity contribution in [2.24, 2.45) is 0 Å². The van der Waals surface area contributed by atoms with Crippen LogP contribution in [0.25, 0.3) is 10.8 Å². The zero-order valence-electron chi connectivity index (χ0n) is 14.8. The molecule has 2 aromatic rings. The quantitative estimate of drug-likeness (QED) is 0.731. The predicted molar refractivity (Wildman–Crippen MR) is 94.4 cm³/mol. The average Bonchev–Trinajstić information content (AvgIpc) is 3.13. The third-order valence-corrected chi connectivity index (χ3v) is 5.91. The highest BCUT2D eigenvalue weighted by Crippen LogP contribution is 2.54. The molecule has 0 amide bonds. The number of aromatic nitrogens is 1. The van der Waals surface area contributed by atoms with Crippen LogP contribution in [-0.4, -0.2) is 54.7 Å². The maximum absolute atomic E-state index is 12.9. The van der Waals surface area contributed by atoms with E-state index >= 15 is 0 Å². The van der Waals surface area contributed by atoms with Gasteiger partial charge in [0.15, 0.2) is 6.23 Å². The minimum atomic E-state index is -4.30. The second-order valence-corrected chi connectivity index (χ2v) is 8.09. The van der Waals surface area contributed by atoms with E-state index in [0.717, 1.165) is 12.5 Å². The Bertz CT molecular complexity index is 961. The molecule has 1 aromatic heterocycles. The number of rotatable bonds is 6. The number of hydrogen-bond acceptors (Lipinski definition) is 7. The SMILES string of the molecule is COC[C@]12COC(C1OP(=O)(O)OC)[C@H](n1ccc3ccccc3c1=O)O2. The molecule has 2 saturated heterocycles. The van der Waals surface area contributed by atoms with Gasteiger partial charge >= 0.3 is 7.82 Å². The van der Waals surface area contributed by atoms with Gasteiger partial charge in [0.25, 0.3) is 5.56 Å². The van der Waals surface area contributed by atoms with Crippen molar-refractivity contribution < 1.29 is 32.7 Å². The molecule has 4 rings (SSSR count). The summed E-state index contributed by atoms with van der Waals surface area (Å²) in [4.78, 5) is 22.7. The molecule has 146 valence electrons. The first-order valence-corrected chi connectivity index (χ1v) is 9.85. The van der Waals surface area contributed by atoms with E-state index in [1.165, 1.54) is 11.7 Å². The van der Waals surface area contributed by atoms with Crippen molar-refractivity contribution >= 4 is 18.6 Å². The normalized spacial score (nSPS) is 32.0. The fraction of sp³-hybridized carbons (Fsp3) is 0.471. The number of benzene rings is 1. The van der Waals surface area contributed by atoms with E-state index in [-0.39, 0.29) is 18.8 Å². The Hall–Kier alpha value is -1.58. The first-order valence-electron chi connectivity index (χ1n) is 8.36. The number of nitrogens with zero attached hydrogens (tertiary/aromatic N) is 1. The molecule has 2 bridgehead atoms. The molecule has 10 heteroatoms.